The van der Waals surface area contributed by atoms with Gasteiger partial charge in [0.1, 0.15) is 6.10 Å². The molecule has 6 unspecified atom stereocenters. The number of ether oxygens (including phenoxy) is 1. The van der Waals surface area contributed by atoms with E-state index in [1.807, 2.05) is 12.2 Å². The van der Waals surface area contributed by atoms with E-state index in [0.717, 1.165) is 93.3 Å². The monoisotopic (exact) mass is 665 g/mol. The Morgan fingerprint density at radius 3 is 2.48 bits per heavy atom. The van der Waals surface area contributed by atoms with Crippen LogP contribution in [0.3, 0.4) is 0 Å². The van der Waals surface area contributed by atoms with Crippen molar-refractivity contribution in [3.8, 4) is 0 Å². The van der Waals surface area contributed by atoms with Gasteiger partial charge in [0.15, 0.2) is 0 Å². The summed E-state index contributed by atoms with van der Waals surface area (Å²) < 4.78 is 6.10. The number of aliphatic hydroxyl groups is 1. The maximum absolute atomic E-state index is 12.8. The third-order valence-corrected chi connectivity index (χ3v) is 14.0. The Morgan fingerprint density at radius 2 is 1.69 bits per heavy atom. The van der Waals surface area contributed by atoms with Crippen LogP contribution in [0.4, 0.5) is 0 Å². The van der Waals surface area contributed by atoms with Gasteiger partial charge < -0.3 is 9.84 Å². The zero-order chi connectivity index (χ0) is 34.6. The molecule has 3 nitrogen and oxygen atoms in total. The molecule has 3 saturated carbocycles. The zero-order valence-corrected chi connectivity index (χ0v) is 32.3. The molecule has 9 atom stereocenters. The molecule has 0 aromatic rings. The average molecular weight is 665 g/mol. The molecule has 4 aliphatic rings. The van der Waals surface area contributed by atoms with Crippen molar-refractivity contribution in [3.63, 3.8) is 0 Å². The SMILES string of the molecule is CCCCC/C=C\C=C\[C@@H](O)CCCCCCCC(=O)OC1CC[C@@]2(C)C(=CCC3C4CCC(C(C)CCCC(C)C)[C@@]4(C)CCC32)C1. The van der Waals surface area contributed by atoms with Gasteiger partial charge in [0, 0.05) is 12.8 Å². The Balaban J connectivity index is 1.13. The van der Waals surface area contributed by atoms with E-state index in [-0.39, 0.29) is 18.2 Å². The molecule has 48 heavy (non-hydrogen) atoms. The molecular weight excluding hydrogens is 588 g/mol. The van der Waals surface area contributed by atoms with Crippen molar-refractivity contribution in [2.24, 2.45) is 46.3 Å². The second-order valence-corrected chi connectivity index (χ2v) is 17.8. The van der Waals surface area contributed by atoms with Crippen LogP contribution in [0.25, 0.3) is 0 Å². The lowest BCUT2D eigenvalue weighted by Gasteiger charge is -2.58. The van der Waals surface area contributed by atoms with Crippen molar-refractivity contribution in [1.82, 2.24) is 0 Å². The highest BCUT2D eigenvalue weighted by atomic mass is 16.5. The largest absolute Gasteiger partial charge is 0.462 e. The summed E-state index contributed by atoms with van der Waals surface area (Å²) in [6.07, 6.45) is 36.4. The predicted molar refractivity (Wildman–Crippen MR) is 204 cm³/mol. The lowest BCUT2D eigenvalue weighted by molar-refractivity contribution is -0.151. The van der Waals surface area contributed by atoms with Gasteiger partial charge in [-0.15, -0.1) is 0 Å². The lowest BCUT2D eigenvalue weighted by atomic mass is 9.47. The van der Waals surface area contributed by atoms with Crippen LogP contribution in [0, 0.1) is 46.3 Å². The summed E-state index contributed by atoms with van der Waals surface area (Å²) in [6, 6.07) is 0. The summed E-state index contributed by atoms with van der Waals surface area (Å²) in [5, 5.41) is 10.2. The van der Waals surface area contributed by atoms with E-state index < -0.39 is 0 Å². The Labute approximate surface area is 297 Å². The first-order chi connectivity index (χ1) is 23.1. The Hall–Kier alpha value is -1.35. The highest BCUT2D eigenvalue weighted by molar-refractivity contribution is 5.69. The quantitative estimate of drug-likeness (QED) is 0.0610. The molecule has 0 saturated heterocycles. The Morgan fingerprint density at radius 1 is 0.896 bits per heavy atom. The van der Waals surface area contributed by atoms with E-state index in [4.69, 9.17) is 4.74 Å². The maximum atomic E-state index is 12.8. The first kappa shape index (κ1) is 39.4. The van der Waals surface area contributed by atoms with Gasteiger partial charge in [0.05, 0.1) is 6.10 Å². The smallest absolute Gasteiger partial charge is 0.306 e. The molecule has 274 valence electrons. The number of fused-ring (bicyclic) bond motifs is 5. The summed E-state index contributed by atoms with van der Waals surface area (Å²) in [7, 11) is 0. The molecule has 0 aromatic heterocycles. The first-order valence-corrected chi connectivity index (χ1v) is 21.0. The minimum atomic E-state index is -0.353. The van der Waals surface area contributed by atoms with Crippen molar-refractivity contribution in [2.45, 2.75) is 195 Å². The van der Waals surface area contributed by atoms with Gasteiger partial charge in [-0.2, -0.15) is 0 Å². The van der Waals surface area contributed by atoms with E-state index in [1.165, 1.54) is 77.0 Å². The molecule has 3 heteroatoms. The molecule has 0 bridgehead atoms. The van der Waals surface area contributed by atoms with Crippen LogP contribution in [-0.4, -0.2) is 23.3 Å². The number of esters is 1. The minimum Gasteiger partial charge on any atom is -0.462 e. The Bertz CT molecular complexity index is 1050. The van der Waals surface area contributed by atoms with Crippen LogP contribution >= 0.6 is 0 Å². The van der Waals surface area contributed by atoms with E-state index >= 15 is 0 Å². The van der Waals surface area contributed by atoms with Gasteiger partial charge in [-0.3, -0.25) is 4.79 Å². The molecule has 0 amide bonds. The molecule has 4 aliphatic carbocycles. The van der Waals surface area contributed by atoms with Gasteiger partial charge in [0.25, 0.3) is 0 Å². The first-order valence-electron chi connectivity index (χ1n) is 21.0. The number of hydrogen-bond donors (Lipinski definition) is 1. The minimum absolute atomic E-state index is 0.00846. The van der Waals surface area contributed by atoms with Crippen molar-refractivity contribution in [1.29, 1.82) is 0 Å². The number of hydrogen-bond acceptors (Lipinski definition) is 3. The van der Waals surface area contributed by atoms with Crippen LogP contribution in [0.1, 0.15) is 183 Å². The van der Waals surface area contributed by atoms with E-state index in [2.05, 4.69) is 59.8 Å². The van der Waals surface area contributed by atoms with E-state index in [9.17, 15) is 9.90 Å². The Kier molecular flexibility index (Phi) is 15.9. The van der Waals surface area contributed by atoms with E-state index in [1.54, 1.807) is 5.57 Å². The van der Waals surface area contributed by atoms with Gasteiger partial charge in [-0.1, -0.05) is 135 Å². The summed E-state index contributed by atoms with van der Waals surface area (Å²) >= 11 is 0. The van der Waals surface area contributed by atoms with Crippen molar-refractivity contribution in [2.75, 3.05) is 0 Å². The predicted octanol–water partition coefficient (Wildman–Crippen LogP) is 12.7. The standard InChI is InChI=1S/C45H76O3/c1-7-8-9-10-11-13-16-22-37(46)23-17-14-12-15-18-24-43(47)48-38-29-31-44(5)36(33-38)25-26-39-41-28-27-40(35(4)21-19-20-34(2)3)45(41,6)32-30-42(39)44/h11,13,16,22,25,34-35,37-42,46H,7-10,12,14-15,17-21,23-24,26-33H2,1-6H3/b13-11-,22-16+/t35?,37-,38?,39?,40?,41?,42?,44+,45-/m1/s1. The van der Waals surface area contributed by atoms with Crippen molar-refractivity contribution in [3.05, 3.63) is 36.0 Å². The third-order valence-electron chi connectivity index (χ3n) is 14.0. The average Bonchev–Trinajstić information content (AvgIpc) is 3.41. The number of allylic oxidation sites excluding steroid dienone is 4. The van der Waals surface area contributed by atoms with Crippen molar-refractivity contribution >= 4 is 5.97 Å². The molecule has 0 spiro atoms. The van der Waals surface area contributed by atoms with Crippen LogP contribution in [-0.2, 0) is 9.53 Å². The van der Waals surface area contributed by atoms with Gasteiger partial charge in [-0.05, 0) is 117 Å². The molecule has 0 radical (unpaired) electrons. The fourth-order valence-corrected chi connectivity index (χ4v) is 11.1. The highest BCUT2D eigenvalue weighted by Crippen LogP contribution is 2.67. The van der Waals surface area contributed by atoms with Gasteiger partial charge in [0.2, 0.25) is 0 Å². The van der Waals surface area contributed by atoms with Crippen LogP contribution in [0.15, 0.2) is 36.0 Å². The molecule has 1 N–H and O–H groups in total. The number of carbonyl (C=O) groups excluding carboxylic acids is 1. The summed E-state index contributed by atoms with van der Waals surface area (Å²) in [4.78, 5) is 12.8. The fourth-order valence-electron chi connectivity index (χ4n) is 11.1. The molecular formula is C45H76O3. The fraction of sp³-hybridized carbons (Fsp3) is 0.844. The topological polar surface area (TPSA) is 46.5 Å². The number of carbonyl (C=O) groups is 1. The summed E-state index contributed by atoms with van der Waals surface area (Å²) in [6.45, 7) is 14.8. The molecule has 0 aromatic carbocycles. The normalized spacial score (nSPS) is 33.0. The summed E-state index contributed by atoms with van der Waals surface area (Å²) in [5.41, 5.74) is 2.46. The van der Waals surface area contributed by atoms with Crippen molar-refractivity contribution < 1.29 is 14.6 Å². The number of rotatable bonds is 20. The lowest BCUT2D eigenvalue weighted by Crippen LogP contribution is -2.51. The molecule has 3 fully saturated rings. The van der Waals surface area contributed by atoms with Crippen LogP contribution in [0.2, 0.25) is 0 Å². The van der Waals surface area contributed by atoms with Crippen LogP contribution in [0.5, 0.6) is 0 Å². The third kappa shape index (κ3) is 10.6. The maximum Gasteiger partial charge on any atom is 0.306 e. The zero-order valence-electron chi connectivity index (χ0n) is 32.3. The van der Waals surface area contributed by atoms with Gasteiger partial charge in [-0.25, -0.2) is 0 Å². The van der Waals surface area contributed by atoms with E-state index in [0.29, 0.717) is 17.3 Å². The number of unbranched alkanes of at least 4 members (excludes halogenated alkanes) is 7. The second-order valence-electron chi connectivity index (χ2n) is 17.8. The molecule has 0 aliphatic heterocycles. The van der Waals surface area contributed by atoms with Gasteiger partial charge >= 0.3 is 5.97 Å². The molecule has 0 heterocycles. The number of aliphatic hydroxyl groups excluding tert-OH is 1. The summed E-state index contributed by atoms with van der Waals surface area (Å²) in [5.74, 6) is 5.18. The highest BCUT2D eigenvalue weighted by Gasteiger charge is 2.59. The molecule has 4 rings (SSSR count). The second kappa shape index (κ2) is 19.3. The van der Waals surface area contributed by atoms with Crippen LogP contribution < -0.4 is 0 Å².